The van der Waals surface area contributed by atoms with Gasteiger partial charge in [-0.15, -0.1) is 0 Å². The number of hydrogen-bond donors (Lipinski definition) is 0. The van der Waals surface area contributed by atoms with E-state index < -0.39 is 6.29 Å². The molecule has 0 aromatic heterocycles. The molecule has 6 nitrogen and oxygen atoms in total. The standard InChI is InChI=1S/C18H37O6/c1-4-6-8-19-10-12-21-14-16-23-18(3)24-17-15-22-13-11-20-9-7-5-2/h18H,3-17H2,1-2H3. The summed E-state index contributed by atoms with van der Waals surface area (Å²) in [6, 6.07) is 0. The zero-order valence-corrected chi connectivity index (χ0v) is 15.6. The molecule has 0 amide bonds. The molecule has 0 fully saturated rings. The second-order valence-electron chi connectivity index (χ2n) is 5.33. The topological polar surface area (TPSA) is 55.4 Å². The summed E-state index contributed by atoms with van der Waals surface area (Å²) < 4.78 is 32.3. The van der Waals surface area contributed by atoms with Crippen LogP contribution in [0.25, 0.3) is 0 Å². The van der Waals surface area contributed by atoms with Gasteiger partial charge in [0.25, 0.3) is 0 Å². The minimum Gasteiger partial charge on any atom is -0.379 e. The minimum absolute atomic E-state index is 0.454. The van der Waals surface area contributed by atoms with Gasteiger partial charge < -0.3 is 28.4 Å². The van der Waals surface area contributed by atoms with Crippen LogP contribution in [-0.2, 0) is 28.4 Å². The van der Waals surface area contributed by atoms with Crippen molar-refractivity contribution in [2.45, 2.75) is 45.8 Å². The van der Waals surface area contributed by atoms with Crippen LogP contribution in [0.2, 0.25) is 0 Å². The Bertz CT molecular complexity index is 206. The van der Waals surface area contributed by atoms with Crippen LogP contribution in [0.4, 0.5) is 0 Å². The highest BCUT2D eigenvalue weighted by Gasteiger charge is 2.02. The molecule has 145 valence electrons. The summed E-state index contributed by atoms with van der Waals surface area (Å²) in [5.74, 6) is 0. The molecule has 0 aromatic rings. The SMILES string of the molecule is [CH2]C(OCCOCCOCCCC)OCCOCCOCCCC. The lowest BCUT2D eigenvalue weighted by Gasteiger charge is -2.14. The van der Waals surface area contributed by atoms with Crippen LogP contribution in [0.1, 0.15) is 39.5 Å². The maximum Gasteiger partial charge on any atom is 0.157 e. The Morgan fingerprint density at radius 2 is 0.875 bits per heavy atom. The summed E-state index contributed by atoms with van der Waals surface area (Å²) in [7, 11) is 0. The van der Waals surface area contributed by atoms with Crippen molar-refractivity contribution in [1.82, 2.24) is 0 Å². The molecule has 0 rings (SSSR count). The molecule has 0 spiro atoms. The molecule has 0 heterocycles. The fourth-order valence-electron chi connectivity index (χ4n) is 1.66. The van der Waals surface area contributed by atoms with E-state index in [1.807, 2.05) is 0 Å². The predicted molar refractivity (Wildman–Crippen MR) is 94.1 cm³/mol. The van der Waals surface area contributed by atoms with Crippen LogP contribution in [0.3, 0.4) is 0 Å². The summed E-state index contributed by atoms with van der Waals surface area (Å²) in [4.78, 5) is 0. The maximum atomic E-state index is 5.39. The first-order valence-corrected chi connectivity index (χ1v) is 9.18. The number of hydrogen-bond acceptors (Lipinski definition) is 6. The molecule has 0 aliphatic rings. The van der Waals surface area contributed by atoms with Gasteiger partial charge in [-0.1, -0.05) is 26.7 Å². The van der Waals surface area contributed by atoms with Crippen LogP contribution >= 0.6 is 0 Å². The zero-order chi connectivity index (χ0) is 17.7. The van der Waals surface area contributed by atoms with E-state index in [2.05, 4.69) is 20.8 Å². The van der Waals surface area contributed by atoms with Crippen molar-refractivity contribution in [1.29, 1.82) is 0 Å². The van der Waals surface area contributed by atoms with Crippen LogP contribution in [0, 0.1) is 6.92 Å². The third-order valence-electron chi connectivity index (χ3n) is 3.09. The molecular weight excluding hydrogens is 312 g/mol. The lowest BCUT2D eigenvalue weighted by molar-refractivity contribution is -0.134. The van der Waals surface area contributed by atoms with Crippen molar-refractivity contribution >= 4 is 0 Å². The number of ether oxygens (including phenoxy) is 6. The third kappa shape index (κ3) is 19.8. The van der Waals surface area contributed by atoms with Gasteiger partial charge in [0.1, 0.15) is 0 Å². The molecule has 1 radical (unpaired) electrons. The Hall–Kier alpha value is -0.240. The Balaban J connectivity index is 3.12. The van der Waals surface area contributed by atoms with Gasteiger partial charge >= 0.3 is 0 Å². The van der Waals surface area contributed by atoms with Gasteiger partial charge in [0, 0.05) is 20.1 Å². The molecule has 6 heteroatoms. The van der Waals surface area contributed by atoms with Crippen LogP contribution in [0.15, 0.2) is 0 Å². The first-order valence-electron chi connectivity index (χ1n) is 9.18. The van der Waals surface area contributed by atoms with Crippen molar-refractivity contribution in [3.8, 4) is 0 Å². The first-order chi connectivity index (χ1) is 11.8. The molecule has 0 aromatic carbocycles. The van der Waals surface area contributed by atoms with Gasteiger partial charge in [-0.05, 0) is 12.8 Å². The average Bonchev–Trinajstić information content (AvgIpc) is 2.59. The summed E-state index contributed by atoms with van der Waals surface area (Å²) in [6.07, 6.45) is 3.99. The quantitative estimate of drug-likeness (QED) is 0.249. The van der Waals surface area contributed by atoms with Gasteiger partial charge in [0.05, 0.1) is 52.9 Å². The van der Waals surface area contributed by atoms with E-state index >= 15 is 0 Å². The molecule has 0 bridgehead atoms. The van der Waals surface area contributed by atoms with Crippen LogP contribution in [-0.4, -0.2) is 72.4 Å². The largest absolute Gasteiger partial charge is 0.379 e. The van der Waals surface area contributed by atoms with Crippen molar-refractivity contribution < 1.29 is 28.4 Å². The van der Waals surface area contributed by atoms with E-state index in [-0.39, 0.29) is 0 Å². The Labute approximate surface area is 148 Å². The van der Waals surface area contributed by atoms with Crippen LogP contribution in [0.5, 0.6) is 0 Å². The number of rotatable bonds is 20. The van der Waals surface area contributed by atoms with E-state index in [0.717, 1.165) is 38.9 Å². The summed E-state index contributed by atoms with van der Waals surface area (Å²) in [5, 5.41) is 0. The maximum absolute atomic E-state index is 5.39. The lowest BCUT2D eigenvalue weighted by Crippen LogP contribution is -2.20. The molecule has 0 saturated carbocycles. The van der Waals surface area contributed by atoms with Gasteiger partial charge in [-0.3, -0.25) is 0 Å². The second kappa shape index (κ2) is 20.8. The van der Waals surface area contributed by atoms with Gasteiger partial charge in [-0.25, -0.2) is 0 Å². The summed E-state index contributed by atoms with van der Waals surface area (Å²) in [6.45, 7) is 14.0. The highest BCUT2D eigenvalue weighted by molar-refractivity contribution is 4.46. The highest BCUT2D eigenvalue weighted by Crippen LogP contribution is 1.94. The minimum atomic E-state index is -0.501. The molecule has 0 aliphatic carbocycles. The molecule has 0 atom stereocenters. The molecule has 0 aliphatic heterocycles. The Morgan fingerprint density at radius 1 is 0.542 bits per heavy atom. The van der Waals surface area contributed by atoms with Gasteiger partial charge in [0.2, 0.25) is 0 Å². The fourth-order valence-corrected chi connectivity index (χ4v) is 1.66. The van der Waals surface area contributed by atoms with Crippen molar-refractivity contribution in [2.75, 3.05) is 66.1 Å². The van der Waals surface area contributed by atoms with E-state index in [1.54, 1.807) is 0 Å². The Morgan fingerprint density at radius 3 is 1.25 bits per heavy atom. The fraction of sp³-hybridized carbons (Fsp3) is 0.944. The molecular formula is C18H37O6. The van der Waals surface area contributed by atoms with E-state index in [4.69, 9.17) is 28.4 Å². The van der Waals surface area contributed by atoms with E-state index in [1.165, 1.54) is 0 Å². The third-order valence-corrected chi connectivity index (χ3v) is 3.09. The molecule has 0 saturated heterocycles. The summed E-state index contributed by atoms with van der Waals surface area (Å²) in [5.41, 5.74) is 0. The van der Waals surface area contributed by atoms with E-state index in [0.29, 0.717) is 52.9 Å². The zero-order valence-electron chi connectivity index (χ0n) is 15.6. The van der Waals surface area contributed by atoms with Crippen molar-refractivity contribution in [2.24, 2.45) is 0 Å². The average molecular weight is 349 g/mol. The van der Waals surface area contributed by atoms with Crippen molar-refractivity contribution in [3.05, 3.63) is 6.92 Å². The summed E-state index contributed by atoms with van der Waals surface area (Å²) >= 11 is 0. The van der Waals surface area contributed by atoms with E-state index in [9.17, 15) is 0 Å². The lowest BCUT2D eigenvalue weighted by atomic mass is 10.4. The monoisotopic (exact) mass is 349 g/mol. The number of unbranched alkanes of at least 4 members (excludes halogenated alkanes) is 2. The normalized spacial score (nSPS) is 11.5. The molecule has 0 unspecified atom stereocenters. The highest BCUT2D eigenvalue weighted by atomic mass is 16.7. The Kier molecular flexibility index (Phi) is 20.6. The first kappa shape index (κ1) is 23.8. The van der Waals surface area contributed by atoms with Crippen molar-refractivity contribution in [3.63, 3.8) is 0 Å². The van der Waals surface area contributed by atoms with Crippen LogP contribution < -0.4 is 0 Å². The smallest absolute Gasteiger partial charge is 0.157 e. The van der Waals surface area contributed by atoms with Gasteiger partial charge in [-0.2, -0.15) is 0 Å². The van der Waals surface area contributed by atoms with Gasteiger partial charge in [0.15, 0.2) is 6.29 Å². The second-order valence-corrected chi connectivity index (χ2v) is 5.33. The molecule has 0 N–H and O–H groups in total. The molecule has 24 heavy (non-hydrogen) atoms. The predicted octanol–water partition coefficient (Wildman–Crippen LogP) is 2.85.